The van der Waals surface area contributed by atoms with Crippen LogP contribution in [-0.4, -0.2) is 33.2 Å². The Morgan fingerprint density at radius 1 is 1.39 bits per heavy atom. The minimum atomic E-state index is -1.83. The molecule has 0 radical (unpaired) electrons. The molecule has 106 valence electrons. The molecular weight excluding hydrogens is 246 g/mol. The molecule has 0 spiro atoms. The highest BCUT2D eigenvalue weighted by Gasteiger charge is 2.47. The topological polar surface area (TPSA) is 47.6 Å². The molecule has 0 aliphatic carbocycles. The van der Waals surface area contributed by atoms with Crippen LogP contribution in [0.2, 0.25) is 18.1 Å². The molecule has 1 N–H and O–H groups in total. The Balaban J connectivity index is 2.65. The van der Waals surface area contributed by atoms with E-state index in [0.717, 1.165) is 0 Å². The molecule has 0 aromatic carbocycles. The van der Waals surface area contributed by atoms with E-state index in [9.17, 15) is 4.79 Å². The number of nitrogens with one attached hydrogen (secondary N) is 1. The summed E-state index contributed by atoms with van der Waals surface area (Å²) in [6.07, 6.45) is -0.265. The van der Waals surface area contributed by atoms with Crippen molar-refractivity contribution in [2.75, 3.05) is 6.61 Å². The molecule has 5 heteroatoms. The first kappa shape index (κ1) is 15.7. The molecular formula is C13H27NO3Si. The SMILES string of the molecule is CCO[C@H]1NC(=O)[C@@H]1C(C)O[Si](C)(C)C(C)(C)C. The molecule has 4 nitrogen and oxygen atoms in total. The maximum atomic E-state index is 11.6. The number of rotatable bonds is 5. The number of carbonyl (C=O) groups excluding carboxylic acids is 1. The minimum absolute atomic E-state index is 0.0414. The Morgan fingerprint density at radius 2 is 1.94 bits per heavy atom. The summed E-state index contributed by atoms with van der Waals surface area (Å²) in [6.45, 7) is 15.5. The van der Waals surface area contributed by atoms with E-state index in [1.165, 1.54) is 0 Å². The van der Waals surface area contributed by atoms with Gasteiger partial charge in [0.1, 0.15) is 12.1 Å². The highest BCUT2D eigenvalue weighted by molar-refractivity contribution is 6.74. The lowest BCUT2D eigenvalue weighted by atomic mass is 9.93. The average molecular weight is 273 g/mol. The number of carbonyl (C=O) groups is 1. The monoisotopic (exact) mass is 273 g/mol. The van der Waals surface area contributed by atoms with E-state index in [2.05, 4.69) is 39.2 Å². The second kappa shape index (κ2) is 5.31. The van der Waals surface area contributed by atoms with Crippen LogP contribution in [0, 0.1) is 5.92 Å². The van der Waals surface area contributed by atoms with E-state index in [0.29, 0.717) is 6.61 Å². The van der Waals surface area contributed by atoms with Crippen molar-refractivity contribution in [2.45, 2.75) is 65.1 Å². The van der Waals surface area contributed by atoms with Crippen LogP contribution in [0.3, 0.4) is 0 Å². The summed E-state index contributed by atoms with van der Waals surface area (Å²) in [6, 6.07) is 0. The Kier molecular flexibility index (Phi) is 4.62. The molecule has 1 fully saturated rings. The number of amides is 1. The van der Waals surface area contributed by atoms with Gasteiger partial charge in [-0.15, -0.1) is 0 Å². The Bertz CT molecular complexity index is 312. The van der Waals surface area contributed by atoms with Crippen molar-refractivity contribution in [3.05, 3.63) is 0 Å². The highest BCUT2D eigenvalue weighted by Crippen LogP contribution is 2.38. The highest BCUT2D eigenvalue weighted by atomic mass is 28.4. The third-order valence-electron chi connectivity index (χ3n) is 4.05. The van der Waals surface area contributed by atoms with E-state index in [1.54, 1.807) is 0 Å². The van der Waals surface area contributed by atoms with Gasteiger partial charge >= 0.3 is 0 Å². The van der Waals surface area contributed by atoms with Gasteiger partial charge in [-0.05, 0) is 32.0 Å². The van der Waals surface area contributed by atoms with Gasteiger partial charge in [0.05, 0.1) is 6.10 Å². The fourth-order valence-corrected chi connectivity index (χ4v) is 3.30. The third kappa shape index (κ3) is 3.13. The molecule has 1 heterocycles. The third-order valence-corrected chi connectivity index (χ3v) is 8.63. The largest absolute Gasteiger partial charge is 0.413 e. The summed E-state index contributed by atoms with van der Waals surface area (Å²) < 4.78 is 11.7. The molecule has 0 aromatic rings. The lowest BCUT2D eigenvalue weighted by molar-refractivity contribution is -0.161. The molecule has 1 aliphatic rings. The maximum absolute atomic E-state index is 11.6. The Labute approximate surface area is 112 Å². The molecule has 1 saturated heterocycles. The van der Waals surface area contributed by atoms with E-state index in [-0.39, 0.29) is 29.2 Å². The summed E-state index contributed by atoms with van der Waals surface area (Å²) in [5, 5.41) is 2.93. The lowest BCUT2D eigenvalue weighted by Crippen LogP contribution is -2.64. The number of ether oxygens (including phenoxy) is 1. The Morgan fingerprint density at radius 3 is 2.33 bits per heavy atom. The molecule has 1 rings (SSSR count). The van der Waals surface area contributed by atoms with E-state index < -0.39 is 8.32 Å². The van der Waals surface area contributed by atoms with Crippen molar-refractivity contribution < 1.29 is 14.0 Å². The van der Waals surface area contributed by atoms with Gasteiger partial charge in [-0.3, -0.25) is 4.79 Å². The van der Waals surface area contributed by atoms with Crippen molar-refractivity contribution in [1.29, 1.82) is 0 Å². The predicted molar refractivity (Wildman–Crippen MR) is 74.8 cm³/mol. The number of hydrogen-bond acceptors (Lipinski definition) is 3. The van der Waals surface area contributed by atoms with Gasteiger partial charge in [0.2, 0.25) is 5.91 Å². The quantitative estimate of drug-likeness (QED) is 0.618. The molecule has 1 aliphatic heterocycles. The van der Waals surface area contributed by atoms with Crippen LogP contribution in [0.5, 0.6) is 0 Å². The van der Waals surface area contributed by atoms with Crippen LogP contribution in [0.25, 0.3) is 0 Å². The van der Waals surface area contributed by atoms with Crippen LogP contribution in [0.1, 0.15) is 34.6 Å². The summed E-state index contributed by atoms with van der Waals surface area (Å²) in [5.74, 6) is -0.126. The van der Waals surface area contributed by atoms with Gasteiger partial charge in [0.25, 0.3) is 0 Å². The first-order valence-corrected chi connectivity index (χ1v) is 9.61. The van der Waals surface area contributed by atoms with E-state index in [1.807, 2.05) is 13.8 Å². The Hall–Kier alpha value is -0.393. The molecule has 18 heavy (non-hydrogen) atoms. The standard InChI is InChI=1S/C13H27NO3Si/c1-8-16-12-10(11(15)14-12)9(2)17-18(6,7)13(3,4)5/h9-10,12H,8H2,1-7H3,(H,14,15)/t9?,10-,12+/m0/s1. The van der Waals surface area contributed by atoms with Crippen molar-refractivity contribution in [2.24, 2.45) is 5.92 Å². The van der Waals surface area contributed by atoms with E-state index >= 15 is 0 Å². The fraction of sp³-hybridized carbons (Fsp3) is 0.923. The van der Waals surface area contributed by atoms with Crippen LogP contribution < -0.4 is 5.32 Å². The van der Waals surface area contributed by atoms with Crippen molar-refractivity contribution >= 4 is 14.2 Å². The summed E-state index contributed by atoms with van der Waals surface area (Å²) >= 11 is 0. The molecule has 0 bridgehead atoms. The molecule has 1 amide bonds. The molecule has 0 aromatic heterocycles. The first-order chi connectivity index (χ1) is 8.10. The number of β-lactam (4-membered cyclic amide) rings is 1. The van der Waals surface area contributed by atoms with Gasteiger partial charge in [0, 0.05) is 6.61 Å². The van der Waals surface area contributed by atoms with Crippen molar-refractivity contribution in [3.8, 4) is 0 Å². The van der Waals surface area contributed by atoms with Crippen LogP contribution in [0.15, 0.2) is 0 Å². The molecule has 3 atom stereocenters. The lowest BCUT2D eigenvalue weighted by Gasteiger charge is -2.44. The zero-order valence-corrected chi connectivity index (χ0v) is 13.7. The van der Waals surface area contributed by atoms with E-state index in [4.69, 9.17) is 9.16 Å². The van der Waals surface area contributed by atoms with Gasteiger partial charge in [-0.25, -0.2) is 0 Å². The molecule has 0 saturated carbocycles. The predicted octanol–water partition coefficient (Wildman–Crippen LogP) is 2.51. The van der Waals surface area contributed by atoms with Crippen molar-refractivity contribution in [3.63, 3.8) is 0 Å². The minimum Gasteiger partial charge on any atom is -0.413 e. The second-order valence-corrected chi connectivity index (χ2v) is 11.2. The van der Waals surface area contributed by atoms with Gasteiger partial charge < -0.3 is 14.5 Å². The summed E-state index contributed by atoms with van der Waals surface area (Å²) in [4.78, 5) is 11.6. The van der Waals surface area contributed by atoms with Crippen LogP contribution >= 0.6 is 0 Å². The van der Waals surface area contributed by atoms with Crippen LogP contribution in [-0.2, 0) is 14.0 Å². The first-order valence-electron chi connectivity index (χ1n) is 6.70. The summed E-state index contributed by atoms with van der Waals surface area (Å²) in [5.41, 5.74) is 0. The van der Waals surface area contributed by atoms with Gasteiger partial charge in [0.15, 0.2) is 8.32 Å². The van der Waals surface area contributed by atoms with Gasteiger partial charge in [-0.1, -0.05) is 20.8 Å². The fourth-order valence-electron chi connectivity index (χ4n) is 1.87. The van der Waals surface area contributed by atoms with Crippen molar-refractivity contribution in [1.82, 2.24) is 5.32 Å². The smallest absolute Gasteiger partial charge is 0.232 e. The van der Waals surface area contributed by atoms with Gasteiger partial charge in [-0.2, -0.15) is 0 Å². The molecule has 1 unspecified atom stereocenters. The summed E-state index contributed by atoms with van der Waals surface area (Å²) in [7, 11) is -1.83. The van der Waals surface area contributed by atoms with Crippen LogP contribution in [0.4, 0.5) is 0 Å². The zero-order valence-electron chi connectivity index (χ0n) is 12.7. The second-order valence-electron chi connectivity index (χ2n) is 6.49. The normalized spacial score (nSPS) is 26.5. The zero-order chi connectivity index (χ0) is 14.1. The maximum Gasteiger partial charge on any atom is 0.232 e. The average Bonchev–Trinajstić information content (AvgIpc) is 2.13. The number of hydrogen-bond donors (Lipinski definition) is 1.